The number of amides is 2. The van der Waals surface area contributed by atoms with E-state index in [2.05, 4.69) is 5.32 Å². The first-order valence-corrected chi connectivity index (χ1v) is 6.06. The lowest BCUT2D eigenvalue weighted by Crippen LogP contribution is -2.24. The Morgan fingerprint density at radius 3 is 2.94 bits per heavy atom. The SMILES string of the molecule is Cc1ccc(NC(=O)CCl)cc1N1CCOC1=O. The van der Waals surface area contributed by atoms with Crippen molar-refractivity contribution < 1.29 is 14.3 Å². The molecule has 1 saturated heterocycles. The summed E-state index contributed by atoms with van der Waals surface area (Å²) in [5, 5.41) is 2.65. The van der Waals surface area contributed by atoms with Crippen molar-refractivity contribution in [2.45, 2.75) is 6.92 Å². The van der Waals surface area contributed by atoms with E-state index in [0.29, 0.717) is 18.8 Å². The van der Waals surface area contributed by atoms with Crippen LogP contribution >= 0.6 is 11.6 Å². The number of hydrogen-bond donors (Lipinski definition) is 1. The number of halogens is 1. The Morgan fingerprint density at radius 2 is 2.33 bits per heavy atom. The zero-order valence-corrected chi connectivity index (χ0v) is 10.7. The van der Waals surface area contributed by atoms with E-state index in [1.807, 2.05) is 13.0 Å². The Labute approximate surface area is 110 Å². The number of rotatable bonds is 3. The van der Waals surface area contributed by atoms with Gasteiger partial charge in [-0.25, -0.2) is 4.79 Å². The molecule has 0 aliphatic carbocycles. The second kappa shape index (κ2) is 5.27. The zero-order chi connectivity index (χ0) is 13.1. The van der Waals surface area contributed by atoms with Crippen molar-refractivity contribution in [3.8, 4) is 0 Å². The molecule has 1 aromatic rings. The van der Waals surface area contributed by atoms with Crippen LogP contribution in [-0.2, 0) is 9.53 Å². The molecule has 5 nitrogen and oxygen atoms in total. The van der Waals surface area contributed by atoms with Crippen LogP contribution in [0.2, 0.25) is 0 Å². The lowest BCUT2D eigenvalue weighted by atomic mass is 10.1. The number of anilines is 2. The summed E-state index contributed by atoms with van der Waals surface area (Å²) in [6, 6.07) is 5.35. The Kier molecular flexibility index (Phi) is 3.72. The number of carbonyl (C=O) groups excluding carboxylic acids is 2. The second-order valence-corrected chi connectivity index (χ2v) is 4.22. The molecule has 2 rings (SSSR count). The predicted octanol–water partition coefficient (Wildman–Crippen LogP) is 2.13. The number of aryl methyl sites for hydroxylation is 1. The van der Waals surface area contributed by atoms with E-state index in [4.69, 9.17) is 16.3 Å². The fraction of sp³-hybridized carbons (Fsp3) is 0.333. The Bertz CT molecular complexity index is 490. The molecule has 6 heteroatoms. The van der Waals surface area contributed by atoms with Crippen LogP contribution in [0.15, 0.2) is 18.2 Å². The normalized spacial score (nSPS) is 14.6. The highest BCUT2D eigenvalue weighted by Crippen LogP contribution is 2.26. The molecule has 1 fully saturated rings. The van der Waals surface area contributed by atoms with Gasteiger partial charge in [-0.2, -0.15) is 0 Å². The highest BCUT2D eigenvalue weighted by Gasteiger charge is 2.25. The van der Waals surface area contributed by atoms with Gasteiger partial charge in [-0.05, 0) is 24.6 Å². The zero-order valence-electron chi connectivity index (χ0n) is 9.90. The van der Waals surface area contributed by atoms with Crippen LogP contribution in [0.1, 0.15) is 5.56 Å². The van der Waals surface area contributed by atoms with Gasteiger partial charge >= 0.3 is 6.09 Å². The number of ether oxygens (including phenoxy) is 1. The minimum atomic E-state index is -0.362. The van der Waals surface area contributed by atoms with Gasteiger partial charge < -0.3 is 10.1 Å². The molecule has 0 radical (unpaired) electrons. The molecule has 1 aliphatic heterocycles. The monoisotopic (exact) mass is 268 g/mol. The molecule has 0 atom stereocenters. The maximum Gasteiger partial charge on any atom is 0.414 e. The maximum atomic E-state index is 11.5. The molecule has 2 amide bonds. The van der Waals surface area contributed by atoms with Crippen LogP contribution in [0.25, 0.3) is 0 Å². The molecule has 1 aromatic carbocycles. The molecular formula is C12H13ClN2O3. The van der Waals surface area contributed by atoms with Crippen LogP contribution < -0.4 is 10.2 Å². The first-order valence-electron chi connectivity index (χ1n) is 5.52. The van der Waals surface area contributed by atoms with Gasteiger partial charge in [0.25, 0.3) is 0 Å². The molecule has 1 heterocycles. The second-order valence-electron chi connectivity index (χ2n) is 3.95. The first kappa shape index (κ1) is 12.7. The Hall–Kier alpha value is -1.75. The van der Waals surface area contributed by atoms with Gasteiger partial charge in [0.1, 0.15) is 12.5 Å². The van der Waals surface area contributed by atoms with Crippen molar-refractivity contribution in [1.82, 2.24) is 0 Å². The summed E-state index contributed by atoms with van der Waals surface area (Å²) in [5.41, 5.74) is 2.29. The quantitative estimate of drug-likeness (QED) is 0.855. The van der Waals surface area contributed by atoms with Crippen LogP contribution in [0.4, 0.5) is 16.2 Å². The summed E-state index contributed by atoms with van der Waals surface area (Å²) in [7, 11) is 0. The van der Waals surface area contributed by atoms with Crippen LogP contribution in [-0.4, -0.2) is 31.0 Å². The van der Waals surface area contributed by atoms with Crippen molar-refractivity contribution in [3.63, 3.8) is 0 Å². The van der Waals surface area contributed by atoms with E-state index < -0.39 is 0 Å². The fourth-order valence-corrected chi connectivity index (χ4v) is 1.85. The molecule has 96 valence electrons. The number of alkyl halides is 1. The molecule has 0 bridgehead atoms. The Balaban J connectivity index is 2.26. The van der Waals surface area contributed by atoms with Crippen LogP contribution in [0.3, 0.4) is 0 Å². The molecule has 0 unspecified atom stereocenters. The number of hydrogen-bond acceptors (Lipinski definition) is 3. The van der Waals surface area contributed by atoms with Gasteiger partial charge in [-0.1, -0.05) is 6.07 Å². The van der Waals surface area contributed by atoms with Crippen molar-refractivity contribution in [3.05, 3.63) is 23.8 Å². The summed E-state index contributed by atoms with van der Waals surface area (Å²) in [5.74, 6) is -0.384. The molecule has 0 spiro atoms. The molecule has 0 saturated carbocycles. The van der Waals surface area contributed by atoms with E-state index >= 15 is 0 Å². The largest absolute Gasteiger partial charge is 0.447 e. The third-order valence-electron chi connectivity index (χ3n) is 2.67. The average molecular weight is 269 g/mol. The van der Waals surface area contributed by atoms with E-state index in [9.17, 15) is 9.59 Å². The summed E-state index contributed by atoms with van der Waals surface area (Å²) in [6.45, 7) is 2.80. The minimum absolute atomic E-state index is 0.102. The lowest BCUT2D eigenvalue weighted by Gasteiger charge is -2.17. The van der Waals surface area contributed by atoms with Crippen LogP contribution in [0.5, 0.6) is 0 Å². The lowest BCUT2D eigenvalue weighted by molar-refractivity contribution is -0.113. The Morgan fingerprint density at radius 1 is 1.56 bits per heavy atom. The summed E-state index contributed by atoms with van der Waals surface area (Å²) in [4.78, 5) is 24.3. The van der Waals surface area contributed by atoms with Gasteiger partial charge in [0.2, 0.25) is 5.91 Å². The highest BCUT2D eigenvalue weighted by atomic mass is 35.5. The smallest absolute Gasteiger partial charge is 0.414 e. The number of nitrogens with zero attached hydrogens (tertiary/aromatic N) is 1. The average Bonchev–Trinajstić information content (AvgIpc) is 2.77. The molecule has 0 aromatic heterocycles. The number of cyclic esters (lactones) is 1. The summed E-state index contributed by atoms with van der Waals surface area (Å²) < 4.78 is 4.90. The van der Waals surface area contributed by atoms with Gasteiger partial charge in [-0.15, -0.1) is 11.6 Å². The number of carbonyl (C=O) groups is 2. The van der Waals surface area contributed by atoms with Crippen molar-refractivity contribution in [2.75, 3.05) is 29.2 Å². The predicted molar refractivity (Wildman–Crippen MR) is 69.2 cm³/mol. The van der Waals surface area contributed by atoms with E-state index in [1.54, 1.807) is 17.0 Å². The van der Waals surface area contributed by atoms with Crippen molar-refractivity contribution in [1.29, 1.82) is 0 Å². The van der Waals surface area contributed by atoms with E-state index in [0.717, 1.165) is 11.3 Å². The van der Waals surface area contributed by atoms with E-state index in [1.165, 1.54) is 0 Å². The summed E-state index contributed by atoms with van der Waals surface area (Å²) >= 11 is 5.43. The van der Waals surface area contributed by atoms with Gasteiger partial charge in [0.05, 0.1) is 12.2 Å². The third kappa shape index (κ3) is 2.56. The topological polar surface area (TPSA) is 58.6 Å². The highest BCUT2D eigenvalue weighted by molar-refractivity contribution is 6.29. The molecule has 18 heavy (non-hydrogen) atoms. The first-order chi connectivity index (χ1) is 8.61. The standard InChI is InChI=1S/C12H13ClN2O3/c1-8-2-3-9(14-11(16)7-13)6-10(8)15-4-5-18-12(15)17/h2-3,6H,4-5,7H2,1H3,(H,14,16). The minimum Gasteiger partial charge on any atom is -0.447 e. The molecule has 1 N–H and O–H groups in total. The molecule has 1 aliphatic rings. The van der Waals surface area contributed by atoms with Gasteiger partial charge in [-0.3, -0.25) is 9.69 Å². The maximum absolute atomic E-state index is 11.5. The van der Waals surface area contributed by atoms with Crippen molar-refractivity contribution in [2.24, 2.45) is 0 Å². The van der Waals surface area contributed by atoms with E-state index in [-0.39, 0.29) is 17.9 Å². The molecular weight excluding hydrogens is 256 g/mol. The fourth-order valence-electron chi connectivity index (χ4n) is 1.78. The summed E-state index contributed by atoms with van der Waals surface area (Å²) in [6.07, 6.45) is -0.362. The number of benzene rings is 1. The van der Waals surface area contributed by atoms with Crippen LogP contribution in [0, 0.1) is 6.92 Å². The number of nitrogens with one attached hydrogen (secondary N) is 1. The van der Waals surface area contributed by atoms with Crippen molar-refractivity contribution >= 4 is 35.0 Å². The third-order valence-corrected chi connectivity index (χ3v) is 2.91. The van der Waals surface area contributed by atoms with Gasteiger partial charge in [0, 0.05) is 5.69 Å². The van der Waals surface area contributed by atoms with Gasteiger partial charge in [0.15, 0.2) is 0 Å².